The number of epoxide rings is 1. The van der Waals surface area contributed by atoms with Crippen molar-refractivity contribution in [1.29, 1.82) is 0 Å². The molecule has 0 aliphatic carbocycles. The molecule has 24 heavy (non-hydrogen) atoms. The molecule has 2 atom stereocenters. The van der Waals surface area contributed by atoms with Crippen molar-refractivity contribution in [3.63, 3.8) is 0 Å². The van der Waals surface area contributed by atoms with Crippen molar-refractivity contribution in [1.82, 2.24) is 5.06 Å². The zero-order valence-corrected chi connectivity index (χ0v) is 15.7. The number of hydroxylamine groups is 2. The van der Waals surface area contributed by atoms with E-state index < -0.39 is 0 Å². The minimum absolute atomic E-state index is 0.0207. The summed E-state index contributed by atoms with van der Waals surface area (Å²) < 4.78 is 10.9. The molecule has 0 N–H and O–H groups in total. The zero-order chi connectivity index (χ0) is 17.4. The van der Waals surface area contributed by atoms with Crippen LogP contribution >= 0.6 is 0 Å². The molecule has 4 heteroatoms. The third-order valence-electron chi connectivity index (χ3n) is 5.92. The molecule has 0 bridgehead atoms. The van der Waals surface area contributed by atoms with E-state index in [1.807, 2.05) is 12.1 Å². The molecule has 0 spiro atoms. The van der Waals surface area contributed by atoms with Gasteiger partial charge in [-0.3, -0.25) is 4.84 Å². The molecule has 2 saturated heterocycles. The Labute approximate surface area is 146 Å². The van der Waals surface area contributed by atoms with E-state index in [1.54, 1.807) is 0 Å². The quantitative estimate of drug-likeness (QED) is 0.725. The Morgan fingerprint density at radius 1 is 1.21 bits per heavy atom. The first-order valence-electron chi connectivity index (χ1n) is 9.08. The lowest BCUT2D eigenvalue weighted by Gasteiger charge is -2.52. The van der Waals surface area contributed by atoms with Gasteiger partial charge in [0.05, 0.1) is 6.61 Å². The minimum atomic E-state index is 0.0207. The maximum Gasteiger partial charge on any atom is 0.119 e. The third-order valence-corrected chi connectivity index (χ3v) is 5.92. The van der Waals surface area contributed by atoms with Crippen LogP contribution in [-0.2, 0) is 9.57 Å². The largest absolute Gasteiger partial charge is 0.491 e. The Balaban J connectivity index is 1.60. The van der Waals surface area contributed by atoms with Crippen LogP contribution in [0.15, 0.2) is 24.3 Å². The fourth-order valence-electron chi connectivity index (χ4n) is 3.21. The highest BCUT2D eigenvalue weighted by molar-refractivity contribution is 5.28. The van der Waals surface area contributed by atoms with Crippen LogP contribution in [0.2, 0.25) is 0 Å². The molecular weight excluding hydrogens is 302 g/mol. The number of ether oxygens (including phenoxy) is 2. The maximum absolute atomic E-state index is 6.35. The Kier molecular flexibility index (Phi) is 4.92. The van der Waals surface area contributed by atoms with Crippen molar-refractivity contribution >= 4 is 0 Å². The van der Waals surface area contributed by atoms with Crippen molar-refractivity contribution in [3.05, 3.63) is 29.8 Å². The van der Waals surface area contributed by atoms with E-state index >= 15 is 0 Å². The normalized spacial score (nSPS) is 26.8. The summed E-state index contributed by atoms with van der Waals surface area (Å²) in [6.07, 6.45) is 2.74. The van der Waals surface area contributed by atoms with Crippen LogP contribution in [0.1, 0.15) is 59.1 Å². The standard InChI is InChI=1S/C20H31NO3/c1-15(24-21-12-6-11-19(2,3)20(21,4)5)16-7-9-17(10-8-16)22-13-18-14-23-18/h7-10,15,18H,6,11-14H2,1-5H3. The van der Waals surface area contributed by atoms with Gasteiger partial charge in [0.25, 0.3) is 0 Å². The lowest BCUT2D eigenvalue weighted by Crippen LogP contribution is -2.57. The summed E-state index contributed by atoms with van der Waals surface area (Å²) in [5.74, 6) is 0.890. The topological polar surface area (TPSA) is 34.2 Å². The molecular formula is C20H31NO3. The van der Waals surface area contributed by atoms with Gasteiger partial charge in [0.1, 0.15) is 24.6 Å². The van der Waals surface area contributed by atoms with E-state index in [-0.39, 0.29) is 23.2 Å². The average molecular weight is 333 g/mol. The molecule has 0 aromatic heterocycles. The molecule has 2 aliphatic heterocycles. The number of hydrogen-bond donors (Lipinski definition) is 0. The van der Waals surface area contributed by atoms with Crippen molar-refractivity contribution in [2.45, 2.75) is 65.2 Å². The Morgan fingerprint density at radius 3 is 2.50 bits per heavy atom. The molecule has 4 nitrogen and oxygen atoms in total. The first-order chi connectivity index (χ1) is 11.3. The molecule has 2 aliphatic rings. The molecule has 134 valence electrons. The minimum Gasteiger partial charge on any atom is -0.491 e. The monoisotopic (exact) mass is 333 g/mol. The van der Waals surface area contributed by atoms with Gasteiger partial charge in [0.2, 0.25) is 0 Å². The van der Waals surface area contributed by atoms with Crippen molar-refractivity contribution in [3.8, 4) is 5.75 Å². The Morgan fingerprint density at radius 2 is 1.88 bits per heavy atom. The Bertz CT molecular complexity index is 549. The maximum atomic E-state index is 6.35. The summed E-state index contributed by atoms with van der Waals surface area (Å²) in [6.45, 7) is 13.8. The van der Waals surface area contributed by atoms with E-state index in [1.165, 1.54) is 18.4 Å². The summed E-state index contributed by atoms with van der Waals surface area (Å²) in [6, 6.07) is 8.22. The lowest BCUT2D eigenvalue weighted by molar-refractivity contribution is -0.281. The number of rotatable bonds is 6. The van der Waals surface area contributed by atoms with Crippen molar-refractivity contribution in [2.24, 2.45) is 5.41 Å². The van der Waals surface area contributed by atoms with Crippen LogP contribution in [0, 0.1) is 5.41 Å². The molecule has 2 fully saturated rings. The van der Waals surface area contributed by atoms with Gasteiger partial charge in [-0.2, -0.15) is 5.06 Å². The van der Waals surface area contributed by atoms with Crippen LogP contribution in [0.5, 0.6) is 5.75 Å². The number of hydrogen-bond acceptors (Lipinski definition) is 4. The SMILES string of the molecule is CC(ON1CCCC(C)(C)C1(C)C)c1ccc(OCC2CO2)cc1. The molecule has 0 amide bonds. The van der Waals surface area contributed by atoms with Gasteiger partial charge in [-0.25, -0.2) is 0 Å². The zero-order valence-electron chi connectivity index (χ0n) is 15.7. The molecule has 3 rings (SSSR count). The van der Waals surface area contributed by atoms with Crippen LogP contribution in [0.25, 0.3) is 0 Å². The summed E-state index contributed by atoms with van der Waals surface area (Å²) in [7, 11) is 0. The molecule has 2 unspecified atom stereocenters. The third kappa shape index (κ3) is 3.76. The van der Waals surface area contributed by atoms with Gasteiger partial charge in [-0.15, -0.1) is 0 Å². The van der Waals surface area contributed by atoms with Gasteiger partial charge in [-0.05, 0) is 56.7 Å². The van der Waals surface area contributed by atoms with Crippen LogP contribution in [-0.4, -0.2) is 36.5 Å². The second-order valence-electron chi connectivity index (χ2n) is 8.23. The smallest absolute Gasteiger partial charge is 0.119 e. The first-order valence-corrected chi connectivity index (χ1v) is 9.08. The van der Waals surface area contributed by atoms with Crippen LogP contribution in [0.3, 0.4) is 0 Å². The molecule has 2 heterocycles. The van der Waals surface area contributed by atoms with E-state index in [0.29, 0.717) is 6.61 Å². The van der Waals surface area contributed by atoms with Gasteiger partial charge in [0.15, 0.2) is 0 Å². The summed E-state index contributed by atoms with van der Waals surface area (Å²) >= 11 is 0. The van der Waals surface area contributed by atoms with E-state index in [4.69, 9.17) is 14.3 Å². The first kappa shape index (κ1) is 17.7. The molecule has 1 aromatic carbocycles. The fraction of sp³-hybridized carbons (Fsp3) is 0.700. The predicted molar refractivity (Wildman–Crippen MR) is 95.0 cm³/mol. The van der Waals surface area contributed by atoms with Gasteiger partial charge in [0, 0.05) is 12.1 Å². The van der Waals surface area contributed by atoms with Gasteiger partial charge >= 0.3 is 0 Å². The highest BCUT2D eigenvalue weighted by Crippen LogP contribution is 2.44. The summed E-state index contributed by atoms with van der Waals surface area (Å²) in [5.41, 5.74) is 1.43. The van der Waals surface area contributed by atoms with Crippen molar-refractivity contribution < 1.29 is 14.3 Å². The summed E-state index contributed by atoms with van der Waals surface area (Å²) in [5, 5.41) is 2.19. The number of nitrogens with zero attached hydrogens (tertiary/aromatic N) is 1. The second-order valence-corrected chi connectivity index (χ2v) is 8.23. The number of benzene rings is 1. The number of piperidine rings is 1. The predicted octanol–water partition coefficient (Wildman–Crippen LogP) is 4.36. The highest BCUT2D eigenvalue weighted by Gasteiger charge is 2.45. The van der Waals surface area contributed by atoms with Crippen LogP contribution in [0.4, 0.5) is 0 Å². The average Bonchev–Trinajstić information content (AvgIpc) is 3.35. The second kappa shape index (κ2) is 6.66. The molecule has 0 radical (unpaired) electrons. The van der Waals surface area contributed by atoms with Gasteiger partial charge in [-0.1, -0.05) is 26.0 Å². The summed E-state index contributed by atoms with van der Waals surface area (Å²) in [4.78, 5) is 6.35. The fourth-order valence-corrected chi connectivity index (χ4v) is 3.21. The van der Waals surface area contributed by atoms with Crippen LogP contribution < -0.4 is 4.74 Å². The molecule has 1 aromatic rings. The van der Waals surface area contributed by atoms with Crippen molar-refractivity contribution in [2.75, 3.05) is 19.8 Å². The van der Waals surface area contributed by atoms with E-state index in [2.05, 4.69) is 51.8 Å². The Hall–Kier alpha value is -1.10. The highest BCUT2D eigenvalue weighted by atomic mass is 16.7. The lowest BCUT2D eigenvalue weighted by atomic mass is 9.69. The van der Waals surface area contributed by atoms with E-state index in [9.17, 15) is 0 Å². The molecule has 0 saturated carbocycles. The van der Waals surface area contributed by atoms with E-state index in [0.717, 1.165) is 18.9 Å². The van der Waals surface area contributed by atoms with Gasteiger partial charge < -0.3 is 9.47 Å².